The normalized spacial score (nSPS) is 14.7. The molecule has 0 radical (unpaired) electrons. The number of amides is 1. The second-order valence-electron chi connectivity index (χ2n) is 7.20. The van der Waals surface area contributed by atoms with Gasteiger partial charge >= 0.3 is 0 Å². The average Bonchev–Trinajstić information content (AvgIpc) is 3.24. The van der Waals surface area contributed by atoms with Gasteiger partial charge in [0.25, 0.3) is 0 Å². The largest absolute Gasteiger partial charge is 0.444 e. The minimum atomic E-state index is -0.0270. The van der Waals surface area contributed by atoms with Gasteiger partial charge in [0.2, 0.25) is 11.8 Å². The molecule has 0 atom stereocenters. The van der Waals surface area contributed by atoms with Gasteiger partial charge in [-0.15, -0.1) is 0 Å². The second kappa shape index (κ2) is 9.39. The molecule has 0 bridgehead atoms. The predicted octanol–water partition coefficient (Wildman–Crippen LogP) is 2.82. The third kappa shape index (κ3) is 5.23. The maximum atomic E-state index is 12.2. The lowest BCUT2D eigenvalue weighted by molar-refractivity contribution is -0.120. The van der Waals surface area contributed by atoms with Gasteiger partial charge in [-0.1, -0.05) is 36.4 Å². The van der Waals surface area contributed by atoms with Crippen LogP contribution in [0.5, 0.6) is 0 Å². The first-order valence-corrected chi connectivity index (χ1v) is 10.1. The lowest BCUT2D eigenvalue weighted by Gasteiger charge is -2.36. The standard InChI is InChI=1S/C23H26N4O2/c28-22(17-20-18-29-23(25-20)19-7-3-1-4-8-19)24-11-12-26-13-15-27(16-14-26)21-9-5-2-6-10-21/h1-10,18H,11-17H2,(H,24,28). The van der Waals surface area contributed by atoms with Crippen molar-refractivity contribution in [3.8, 4) is 11.5 Å². The van der Waals surface area contributed by atoms with Crippen molar-refractivity contribution in [2.24, 2.45) is 0 Å². The molecule has 1 aliphatic rings. The van der Waals surface area contributed by atoms with Crippen LogP contribution in [0, 0.1) is 0 Å². The molecule has 4 rings (SSSR count). The van der Waals surface area contributed by atoms with Crippen molar-refractivity contribution < 1.29 is 9.21 Å². The maximum Gasteiger partial charge on any atom is 0.226 e. The van der Waals surface area contributed by atoms with Crippen LogP contribution in [-0.2, 0) is 11.2 Å². The van der Waals surface area contributed by atoms with Crippen molar-refractivity contribution in [2.75, 3.05) is 44.2 Å². The van der Waals surface area contributed by atoms with Gasteiger partial charge in [-0.25, -0.2) is 4.98 Å². The summed E-state index contributed by atoms with van der Waals surface area (Å²) < 4.78 is 5.49. The lowest BCUT2D eigenvalue weighted by atomic mass is 10.2. The first-order chi connectivity index (χ1) is 14.3. The molecule has 1 amide bonds. The van der Waals surface area contributed by atoms with Crippen molar-refractivity contribution in [3.63, 3.8) is 0 Å². The summed E-state index contributed by atoms with van der Waals surface area (Å²) in [4.78, 5) is 21.4. The summed E-state index contributed by atoms with van der Waals surface area (Å²) in [6.07, 6.45) is 1.79. The van der Waals surface area contributed by atoms with Crippen LogP contribution in [0.4, 0.5) is 5.69 Å². The highest BCUT2D eigenvalue weighted by Crippen LogP contribution is 2.18. The van der Waals surface area contributed by atoms with Gasteiger partial charge in [-0.2, -0.15) is 0 Å². The molecule has 0 aliphatic carbocycles. The highest BCUT2D eigenvalue weighted by molar-refractivity contribution is 5.78. The van der Waals surface area contributed by atoms with Crippen LogP contribution in [0.15, 0.2) is 71.3 Å². The Morgan fingerprint density at radius 2 is 1.66 bits per heavy atom. The molecule has 1 fully saturated rings. The minimum Gasteiger partial charge on any atom is -0.444 e. The number of nitrogens with zero attached hydrogens (tertiary/aromatic N) is 3. The number of carbonyl (C=O) groups is 1. The highest BCUT2D eigenvalue weighted by atomic mass is 16.3. The van der Waals surface area contributed by atoms with Crippen LogP contribution in [0.3, 0.4) is 0 Å². The van der Waals surface area contributed by atoms with E-state index < -0.39 is 0 Å². The summed E-state index contributed by atoms with van der Waals surface area (Å²) in [7, 11) is 0. The van der Waals surface area contributed by atoms with Crippen molar-refractivity contribution in [3.05, 3.63) is 72.6 Å². The molecule has 1 aromatic heterocycles. The van der Waals surface area contributed by atoms with Crippen molar-refractivity contribution >= 4 is 11.6 Å². The Morgan fingerprint density at radius 1 is 0.966 bits per heavy atom. The molecule has 1 aliphatic heterocycles. The Morgan fingerprint density at radius 3 is 2.38 bits per heavy atom. The molecule has 1 N–H and O–H groups in total. The third-order valence-corrected chi connectivity index (χ3v) is 5.16. The Hall–Kier alpha value is -3.12. The summed E-state index contributed by atoms with van der Waals surface area (Å²) in [5.41, 5.74) is 2.84. The molecule has 29 heavy (non-hydrogen) atoms. The molecule has 0 unspecified atom stereocenters. The molecule has 6 heteroatoms. The monoisotopic (exact) mass is 390 g/mol. The fourth-order valence-electron chi connectivity index (χ4n) is 3.55. The molecular formula is C23H26N4O2. The summed E-state index contributed by atoms with van der Waals surface area (Å²) in [6.45, 7) is 5.55. The number of para-hydroxylation sites is 1. The molecule has 0 saturated carbocycles. The Kier molecular flexibility index (Phi) is 6.22. The fraction of sp³-hybridized carbons (Fsp3) is 0.304. The molecule has 1 saturated heterocycles. The molecule has 2 aromatic carbocycles. The fourth-order valence-corrected chi connectivity index (χ4v) is 3.55. The number of piperazine rings is 1. The number of rotatable bonds is 7. The minimum absolute atomic E-state index is 0.0270. The van der Waals surface area contributed by atoms with E-state index in [1.165, 1.54) is 5.69 Å². The summed E-state index contributed by atoms with van der Waals surface area (Å²) >= 11 is 0. The van der Waals surface area contributed by atoms with Crippen LogP contribution in [-0.4, -0.2) is 55.1 Å². The number of anilines is 1. The maximum absolute atomic E-state index is 12.2. The van der Waals surface area contributed by atoms with Crippen molar-refractivity contribution in [1.82, 2.24) is 15.2 Å². The van der Waals surface area contributed by atoms with E-state index in [-0.39, 0.29) is 12.3 Å². The Labute approximate surface area is 171 Å². The number of hydrogen-bond acceptors (Lipinski definition) is 5. The Balaban J connectivity index is 1.17. The van der Waals surface area contributed by atoms with Crippen LogP contribution >= 0.6 is 0 Å². The first-order valence-electron chi connectivity index (χ1n) is 10.1. The van der Waals surface area contributed by atoms with E-state index in [2.05, 4.69) is 44.4 Å². The number of hydrogen-bond donors (Lipinski definition) is 1. The van der Waals surface area contributed by atoms with E-state index in [1.54, 1.807) is 6.26 Å². The number of benzene rings is 2. The topological polar surface area (TPSA) is 61.6 Å². The van der Waals surface area contributed by atoms with Gasteiger partial charge in [-0.05, 0) is 24.3 Å². The number of carbonyl (C=O) groups excluding carboxylic acids is 1. The third-order valence-electron chi connectivity index (χ3n) is 5.16. The predicted molar refractivity (Wildman–Crippen MR) is 114 cm³/mol. The highest BCUT2D eigenvalue weighted by Gasteiger charge is 2.17. The number of oxazole rings is 1. The van der Waals surface area contributed by atoms with E-state index in [4.69, 9.17) is 4.42 Å². The molecule has 2 heterocycles. The first kappa shape index (κ1) is 19.2. The molecule has 0 spiro atoms. The van der Waals surface area contributed by atoms with Gasteiger partial charge in [0.1, 0.15) is 6.26 Å². The molecule has 6 nitrogen and oxygen atoms in total. The van der Waals surface area contributed by atoms with E-state index in [9.17, 15) is 4.79 Å². The van der Waals surface area contributed by atoms with Gasteiger partial charge in [0, 0.05) is 50.5 Å². The molecule has 150 valence electrons. The smallest absolute Gasteiger partial charge is 0.226 e. The Bertz CT molecular complexity index is 903. The van der Waals surface area contributed by atoms with E-state index >= 15 is 0 Å². The quantitative estimate of drug-likeness (QED) is 0.672. The SMILES string of the molecule is O=C(Cc1coc(-c2ccccc2)n1)NCCN1CCN(c2ccccc2)CC1. The van der Waals surface area contributed by atoms with Crippen molar-refractivity contribution in [2.45, 2.75) is 6.42 Å². The second-order valence-corrected chi connectivity index (χ2v) is 7.20. The zero-order valence-electron chi connectivity index (χ0n) is 16.5. The molecule has 3 aromatic rings. The summed E-state index contributed by atoms with van der Waals surface area (Å²) in [5, 5.41) is 2.99. The zero-order chi connectivity index (χ0) is 19.9. The zero-order valence-corrected chi connectivity index (χ0v) is 16.5. The van der Waals surface area contributed by atoms with Gasteiger partial charge in [-0.3, -0.25) is 9.69 Å². The summed E-state index contributed by atoms with van der Waals surface area (Å²) in [5.74, 6) is 0.519. The van der Waals surface area contributed by atoms with Crippen molar-refractivity contribution in [1.29, 1.82) is 0 Å². The summed E-state index contributed by atoms with van der Waals surface area (Å²) in [6, 6.07) is 20.2. The number of nitrogens with one attached hydrogen (secondary N) is 1. The van der Waals surface area contributed by atoms with Gasteiger partial charge < -0.3 is 14.6 Å². The van der Waals surface area contributed by atoms with Crippen LogP contribution in [0.2, 0.25) is 0 Å². The van der Waals surface area contributed by atoms with E-state index in [0.29, 0.717) is 18.1 Å². The van der Waals surface area contributed by atoms with Gasteiger partial charge in [0.15, 0.2) is 0 Å². The van der Waals surface area contributed by atoms with Crippen LogP contribution in [0.1, 0.15) is 5.69 Å². The average molecular weight is 390 g/mol. The van der Waals surface area contributed by atoms with Gasteiger partial charge in [0.05, 0.1) is 12.1 Å². The lowest BCUT2D eigenvalue weighted by Crippen LogP contribution is -2.48. The molecular weight excluding hydrogens is 364 g/mol. The number of aromatic nitrogens is 1. The van der Waals surface area contributed by atoms with Crippen LogP contribution in [0.25, 0.3) is 11.5 Å². The van der Waals surface area contributed by atoms with E-state index in [1.807, 2.05) is 36.4 Å². The van der Waals surface area contributed by atoms with E-state index in [0.717, 1.165) is 38.3 Å². The van der Waals surface area contributed by atoms with Crippen LogP contribution < -0.4 is 10.2 Å².